The van der Waals surface area contributed by atoms with Crippen LogP contribution in [0.2, 0.25) is 0 Å². The molecule has 1 aromatic carbocycles. The molecule has 2 aromatic rings. The summed E-state index contributed by atoms with van der Waals surface area (Å²) in [5.41, 5.74) is 4.23. The normalized spacial score (nSPS) is 10.5. The molecule has 1 aromatic heterocycles. The molecular formula is C16H22N4O. The number of nitrogens with one attached hydrogen (secondary N) is 1. The molecule has 0 saturated heterocycles. The minimum Gasteiger partial charge on any atom is -0.377 e. The molecule has 0 saturated carbocycles. The molecule has 0 unspecified atom stereocenters. The zero-order valence-electron chi connectivity index (χ0n) is 13.1. The van der Waals surface area contributed by atoms with Crippen molar-refractivity contribution in [2.24, 2.45) is 0 Å². The van der Waals surface area contributed by atoms with Crippen LogP contribution in [0.1, 0.15) is 17.5 Å². The summed E-state index contributed by atoms with van der Waals surface area (Å²) in [4.78, 5) is 14.0. The monoisotopic (exact) mass is 286 g/mol. The van der Waals surface area contributed by atoms with Gasteiger partial charge >= 0.3 is 0 Å². The van der Waals surface area contributed by atoms with Crippen LogP contribution in [-0.4, -0.2) is 29.8 Å². The zero-order chi connectivity index (χ0) is 15.4. The molecule has 0 spiro atoms. The number of amides is 1. The molecule has 0 aliphatic rings. The highest BCUT2D eigenvalue weighted by Crippen LogP contribution is 2.21. The van der Waals surface area contributed by atoms with E-state index < -0.39 is 0 Å². The van der Waals surface area contributed by atoms with Crippen LogP contribution < -0.4 is 10.2 Å². The molecule has 1 heterocycles. The SMILES string of the molecule is Cc1cnn(CCC(=O)Nc2ccc(N(C)C)c(C)c2)c1. The molecule has 0 bridgehead atoms. The molecule has 2 rings (SSSR count). The average molecular weight is 286 g/mol. The topological polar surface area (TPSA) is 50.2 Å². The quantitative estimate of drug-likeness (QED) is 0.919. The van der Waals surface area contributed by atoms with E-state index in [4.69, 9.17) is 0 Å². The van der Waals surface area contributed by atoms with Crippen LogP contribution >= 0.6 is 0 Å². The van der Waals surface area contributed by atoms with Crippen LogP contribution in [0.15, 0.2) is 30.6 Å². The van der Waals surface area contributed by atoms with Gasteiger partial charge in [-0.25, -0.2) is 0 Å². The molecule has 21 heavy (non-hydrogen) atoms. The number of hydrogen-bond acceptors (Lipinski definition) is 3. The van der Waals surface area contributed by atoms with Crippen molar-refractivity contribution in [3.63, 3.8) is 0 Å². The third-order valence-electron chi connectivity index (χ3n) is 3.29. The third kappa shape index (κ3) is 4.08. The first-order chi connectivity index (χ1) is 9.95. The molecule has 0 radical (unpaired) electrons. The maximum atomic E-state index is 12.0. The Labute approximate surface area is 125 Å². The van der Waals surface area contributed by atoms with Gasteiger partial charge in [0.2, 0.25) is 5.91 Å². The Morgan fingerprint density at radius 3 is 2.67 bits per heavy atom. The number of aryl methyl sites for hydroxylation is 3. The van der Waals surface area contributed by atoms with Gasteiger partial charge in [0.1, 0.15) is 0 Å². The summed E-state index contributed by atoms with van der Waals surface area (Å²) >= 11 is 0. The van der Waals surface area contributed by atoms with Crippen molar-refractivity contribution in [3.8, 4) is 0 Å². The van der Waals surface area contributed by atoms with Gasteiger partial charge in [-0.2, -0.15) is 5.10 Å². The first kappa shape index (κ1) is 15.1. The first-order valence-corrected chi connectivity index (χ1v) is 7.02. The highest BCUT2D eigenvalue weighted by molar-refractivity contribution is 5.91. The van der Waals surface area contributed by atoms with Gasteiger partial charge < -0.3 is 10.2 Å². The Balaban J connectivity index is 1.92. The van der Waals surface area contributed by atoms with Gasteiger partial charge in [-0.3, -0.25) is 9.48 Å². The van der Waals surface area contributed by atoms with E-state index >= 15 is 0 Å². The lowest BCUT2D eigenvalue weighted by atomic mass is 10.1. The number of nitrogens with zero attached hydrogens (tertiary/aromatic N) is 3. The lowest BCUT2D eigenvalue weighted by Crippen LogP contribution is -2.15. The smallest absolute Gasteiger partial charge is 0.226 e. The van der Waals surface area contributed by atoms with Crippen molar-refractivity contribution >= 4 is 17.3 Å². The second-order valence-corrected chi connectivity index (χ2v) is 5.47. The van der Waals surface area contributed by atoms with Gasteiger partial charge in [0, 0.05) is 44.6 Å². The molecular weight excluding hydrogens is 264 g/mol. The number of carbonyl (C=O) groups is 1. The summed E-state index contributed by atoms with van der Waals surface area (Å²) in [7, 11) is 4.01. The summed E-state index contributed by atoms with van der Waals surface area (Å²) in [6, 6.07) is 5.94. The van der Waals surface area contributed by atoms with E-state index in [9.17, 15) is 4.79 Å². The van der Waals surface area contributed by atoms with Crippen molar-refractivity contribution in [2.45, 2.75) is 26.8 Å². The van der Waals surface area contributed by atoms with Gasteiger partial charge in [-0.1, -0.05) is 0 Å². The Kier molecular flexibility index (Phi) is 4.62. The van der Waals surface area contributed by atoms with Gasteiger partial charge in [-0.15, -0.1) is 0 Å². The van der Waals surface area contributed by atoms with E-state index in [-0.39, 0.29) is 5.91 Å². The van der Waals surface area contributed by atoms with E-state index in [2.05, 4.69) is 15.3 Å². The minimum atomic E-state index is 0.000145. The van der Waals surface area contributed by atoms with Crippen molar-refractivity contribution in [3.05, 3.63) is 41.7 Å². The number of benzene rings is 1. The molecule has 0 aliphatic carbocycles. The van der Waals surface area contributed by atoms with E-state index in [0.29, 0.717) is 13.0 Å². The summed E-state index contributed by atoms with van der Waals surface area (Å²) in [5.74, 6) is 0.000145. The third-order valence-corrected chi connectivity index (χ3v) is 3.29. The Bertz CT molecular complexity index is 631. The van der Waals surface area contributed by atoms with Crippen LogP contribution in [0, 0.1) is 13.8 Å². The molecule has 112 valence electrons. The Morgan fingerprint density at radius 2 is 2.10 bits per heavy atom. The number of rotatable bonds is 5. The lowest BCUT2D eigenvalue weighted by Gasteiger charge is -2.16. The number of hydrogen-bond donors (Lipinski definition) is 1. The van der Waals surface area contributed by atoms with Crippen molar-refractivity contribution in [1.29, 1.82) is 0 Å². The van der Waals surface area contributed by atoms with Gasteiger partial charge in [-0.05, 0) is 43.2 Å². The predicted octanol–water partition coefficient (Wildman–Crippen LogP) is 2.59. The van der Waals surface area contributed by atoms with E-state index in [1.54, 1.807) is 10.9 Å². The highest BCUT2D eigenvalue weighted by atomic mass is 16.1. The fraction of sp³-hybridized carbons (Fsp3) is 0.375. The molecule has 1 N–H and O–H groups in total. The fourth-order valence-electron chi connectivity index (χ4n) is 2.26. The van der Waals surface area contributed by atoms with E-state index in [0.717, 1.165) is 22.5 Å². The number of anilines is 2. The van der Waals surface area contributed by atoms with Crippen molar-refractivity contribution < 1.29 is 4.79 Å². The van der Waals surface area contributed by atoms with Crippen LogP contribution in [-0.2, 0) is 11.3 Å². The maximum absolute atomic E-state index is 12.0. The van der Waals surface area contributed by atoms with Gasteiger partial charge in [0.05, 0.1) is 6.20 Å². The first-order valence-electron chi connectivity index (χ1n) is 7.02. The number of carbonyl (C=O) groups excluding carboxylic acids is 1. The molecule has 1 amide bonds. The minimum absolute atomic E-state index is 0.000145. The van der Waals surface area contributed by atoms with E-state index in [1.807, 2.05) is 52.3 Å². The second kappa shape index (κ2) is 6.43. The number of aromatic nitrogens is 2. The fourth-order valence-corrected chi connectivity index (χ4v) is 2.26. The van der Waals surface area contributed by atoms with Crippen LogP contribution in [0.4, 0.5) is 11.4 Å². The average Bonchev–Trinajstić information content (AvgIpc) is 2.82. The summed E-state index contributed by atoms with van der Waals surface area (Å²) in [6.45, 7) is 4.62. The van der Waals surface area contributed by atoms with E-state index in [1.165, 1.54) is 0 Å². The summed E-state index contributed by atoms with van der Waals surface area (Å²) < 4.78 is 1.79. The zero-order valence-corrected chi connectivity index (χ0v) is 13.1. The molecule has 5 nitrogen and oxygen atoms in total. The summed E-state index contributed by atoms with van der Waals surface area (Å²) in [5, 5.41) is 7.10. The lowest BCUT2D eigenvalue weighted by molar-refractivity contribution is -0.116. The maximum Gasteiger partial charge on any atom is 0.226 e. The van der Waals surface area contributed by atoms with Crippen molar-refractivity contribution in [1.82, 2.24) is 9.78 Å². The largest absolute Gasteiger partial charge is 0.377 e. The van der Waals surface area contributed by atoms with Crippen molar-refractivity contribution in [2.75, 3.05) is 24.3 Å². The highest BCUT2D eigenvalue weighted by Gasteiger charge is 2.06. The molecule has 0 fully saturated rings. The second-order valence-electron chi connectivity index (χ2n) is 5.47. The molecule has 5 heteroatoms. The molecule has 0 aliphatic heterocycles. The Hall–Kier alpha value is -2.30. The molecule has 0 atom stereocenters. The van der Waals surface area contributed by atoms with Crippen LogP contribution in [0.3, 0.4) is 0 Å². The Morgan fingerprint density at radius 1 is 1.33 bits per heavy atom. The van der Waals surface area contributed by atoms with Crippen LogP contribution in [0.25, 0.3) is 0 Å². The standard InChI is InChI=1S/C16H22N4O/c1-12-10-17-20(11-12)8-7-16(21)18-14-5-6-15(19(3)4)13(2)9-14/h5-6,9-11H,7-8H2,1-4H3,(H,18,21). The summed E-state index contributed by atoms with van der Waals surface area (Å²) in [6.07, 6.45) is 4.14. The van der Waals surface area contributed by atoms with Gasteiger partial charge in [0.25, 0.3) is 0 Å². The predicted molar refractivity (Wildman–Crippen MR) is 85.7 cm³/mol. The van der Waals surface area contributed by atoms with Gasteiger partial charge in [0.15, 0.2) is 0 Å². The van der Waals surface area contributed by atoms with Crippen LogP contribution in [0.5, 0.6) is 0 Å².